The monoisotopic (exact) mass is 279 g/mol. The molecule has 2 aromatic carbocycles. The van der Waals surface area contributed by atoms with Crippen LogP contribution in [0.4, 0.5) is 0 Å². The first-order chi connectivity index (χ1) is 9.52. The number of ketones is 1. The highest BCUT2D eigenvalue weighted by Gasteiger charge is 2.16. The molecule has 1 nitrogen and oxygen atoms in total. The molecule has 0 aliphatic carbocycles. The molecule has 0 spiro atoms. The van der Waals surface area contributed by atoms with Gasteiger partial charge in [-0.25, -0.2) is 0 Å². The zero-order valence-corrected chi connectivity index (χ0v) is 13.2. The summed E-state index contributed by atoms with van der Waals surface area (Å²) >= 11 is 0. The largest absolute Gasteiger partial charge is 0.289 e. The zero-order chi connectivity index (χ0) is 14.7. The molecule has 0 fully saturated rings. The molecule has 0 atom stereocenters. The molecular formula is C18H19OSi. The normalized spacial score (nSPS) is 10.6. The summed E-state index contributed by atoms with van der Waals surface area (Å²) in [6.45, 7) is 10.2. The molecule has 2 aromatic rings. The maximum Gasteiger partial charge on any atom is 0.192 e. The lowest BCUT2D eigenvalue weighted by Crippen LogP contribution is -2.29. The summed E-state index contributed by atoms with van der Waals surface area (Å²) in [7, 11) is -0.665. The number of rotatable bonds is 4. The van der Waals surface area contributed by atoms with E-state index in [4.69, 9.17) is 0 Å². The van der Waals surface area contributed by atoms with Crippen LogP contribution in [0.15, 0.2) is 49.0 Å². The Balaban J connectivity index is 2.44. The van der Waals surface area contributed by atoms with E-state index < -0.39 is 8.80 Å². The summed E-state index contributed by atoms with van der Waals surface area (Å²) in [6, 6.07) is 13.7. The van der Waals surface area contributed by atoms with E-state index >= 15 is 0 Å². The van der Waals surface area contributed by atoms with Crippen LogP contribution in [0.2, 0.25) is 13.1 Å². The Morgan fingerprint density at radius 3 is 2.30 bits per heavy atom. The molecule has 0 aromatic heterocycles. The molecule has 20 heavy (non-hydrogen) atoms. The minimum atomic E-state index is -0.665. The number of hydrogen-bond acceptors (Lipinski definition) is 1. The zero-order valence-electron chi connectivity index (χ0n) is 12.2. The highest BCUT2D eigenvalue weighted by atomic mass is 28.3. The lowest BCUT2D eigenvalue weighted by Gasteiger charge is -2.12. The third-order valence-electron chi connectivity index (χ3n) is 3.37. The van der Waals surface area contributed by atoms with Crippen LogP contribution in [0.1, 0.15) is 27.0 Å². The van der Waals surface area contributed by atoms with Crippen molar-refractivity contribution in [3.05, 3.63) is 71.3 Å². The second kappa shape index (κ2) is 6.01. The maximum atomic E-state index is 12.7. The Bertz CT molecular complexity index is 639. The van der Waals surface area contributed by atoms with Gasteiger partial charge in [-0.1, -0.05) is 79.0 Å². The molecule has 2 heteroatoms. The first-order valence-electron chi connectivity index (χ1n) is 6.71. The van der Waals surface area contributed by atoms with Gasteiger partial charge in [-0.15, -0.1) is 0 Å². The summed E-state index contributed by atoms with van der Waals surface area (Å²) in [5, 5.41) is 1.22. The van der Waals surface area contributed by atoms with Crippen LogP contribution < -0.4 is 5.19 Å². The van der Waals surface area contributed by atoms with Crippen molar-refractivity contribution in [2.75, 3.05) is 0 Å². The standard InChI is InChI=1S/C18H19OSi/c1-5-14-7-9-15(10-8-14)18(19)16-11-6-13(2)12-17(16)20(3)4/h5-12H,1H2,2-4H3. The first-order valence-corrected chi connectivity index (χ1v) is 9.21. The molecule has 0 bridgehead atoms. The summed E-state index contributed by atoms with van der Waals surface area (Å²) in [4.78, 5) is 12.7. The summed E-state index contributed by atoms with van der Waals surface area (Å²) in [6.07, 6.45) is 1.78. The maximum absolute atomic E-state index is 12.7. The van der Waals surface area contributed by atoms with Crippen LogP contribution in [0.25, 0.3) is 6.08 Å². The summed E-state index contributed by atoms with van der Waals surface area (Å²) in [5.74, 6) is 0.113. The van der Waals surface area contributed by atoms with Gasteiger partial charge < -0.3 is 0 Å². The second-order valence-corrected chi connectivity index (χ2v) is 7.74. The van der Waals surface area contributed by atoms with Crippen molar-refractivity contribution in [2.24, 2.45) is 0 Å². The lowest BCUT2D eigenvalue weighted by molar-refractivity contribution is 0.104. The number of aryl methyl sites for hydroxylation is 1. The summed E-state index contributed by atoms with van der Waals surface area (Å²) < 4.78 is 0. The Hall–Kier alpha value is -1.93. The molecule has 0 aliphatic rings. The molecule has 2 rings (SSSR count). The van der Waals surface area contributed by atoms with E-state index in [1.54, 1.807) is 6.08 Å². The minimum Gasteiger partial charge on any atom is -0.289 e. The average molecular weight is 279 g/mol. The topological polar surface area (TPSA) is 17.1 Å². The van der Waals surface area contributed by atoms with Crippen LogP contribution in [-0.2, 0) is 0 Å². The van der Waals surface area contributed by atoms with Crippen molar-refractivity contribution in [1.82, 2.24) is 0 Å². The molecule has 101 valence electrons. The van der Waals surface area contributed by atoms with Gasteiger partial charge in [-0.05, 0) is 12.5 Å². The van der Waals surface area contributed by atoms with Gasteiger partial charge in [-0.2, -0.15) is 0 Å². The third kappa shape index (κ3) is 2.97. The van der Waals surface area contributed by atoms with Gasteiger partial charge in [0.05, 0.1) is 8.80 Å². The number of hydrogen-bond donors (Lipinski definition) is 0. The third-order valence-corrected chi connectivity index (χ3v) is 4.86. The van der Waals surface area contributed by atoms with Crippen molar-refractivity contribution in [3.8, 4) is 0 Å². The molecule has 0 saturated heterocycles. The fourth-order valence-electron chi connectivity index (χ4n) is 2.20. The molecule has 1 radical (unpaired) electrons. The van der Waals surface area contributed by atoms with E-state index in [-0.39, 0.29) is 5.78 Å². The van der Waals surface area contributed by atoms with Crippen LogP contribution >= 0.6 is 0 Å². The molecular weight excluding hydrogens is 260 g/mol. The van der Waals surface area contributed by atoms with Gasteiger partial charge in [-0.3, -0.25) is 4.79 Å². The predicted molar refractivity (Wildman–Crippen MR) is 88.3 cm³/mol. The Morgan fingerprint density at radius 2 is 1.75 bits per heavy atom. The van der Waals surface area contributed by atoms with Crippen LogP contribution in [0.3, 0.4) is 0 Å². The number of carbonyl (C=O) groups is 1. The van der Waals surface area contributed by atoms with Gasteiger partial charge in [0.15, 0.2) is 5.78 Å². The quantitative estimate of drug-likeness (QED) is 0.614. The van der Waals surface area contributed by atoms with Crippen molar-refractivity contribution in [3.63, 3.8) is 0 Å². The van der Waals surface area contributed by atoms with Crippen molar-refractivity contribution < 1.29 is 4.79 Å². The van der Waals surface area contributed by atoms with Crippen molar-refractivity contribution >= 4 is 25.8 Å². The van der Waals surface area contributed by atoms with Crippen LogP contribution in [-0.4, -0.2) is 14.6 Å². The fourth-order valence-corrected chi connectivity index (χ4v) is 3.45. The van der Waals surface area contributed by atoms with Crippen molar-refractivity contribution in [2.45, 2.75) is 20.0 Å². The lowest BCUT2D eigenvalue weighted by atomic mass is 10.0. The first kappa shape index (κ1) is 14.5. The van der Waals surface area contributed by atoms with Gasteiger partial charge in [0, 0.05) is 11.1 Å². The second-order valence-electron chi connectivity index (χ2n) is 5.20. The van der Waals surface area contributed by atoms with E-state index in [9.17, 15) is 4.79 Å². The van der Waals surface area contributed by atoms with Crippen molar-refractivity contribution in [1.29, 1.82) is 0 Å². The smallest absolute Gasteiger partial charge is 0.192 e. The number of carbonyl (C=O) groups excluding carboxylic acids is 1. The molecule has 0 heterocycles. The number of benzene rings is 2. The van der Waals surface area contributed by atoms with Gasteiger partial charge in [0.1, 0.15) is 0 Å². The Kier molecular flexibility index (Phi) is 4.35. The fraction of sp³-hybridized carbons (Fsp3) is 0.167. The SMILES string of the molecule is C=Cc1ccc(C(=O)c2ccc(C)cc2[Si](C)C)cc1. The predicted octanol–water partition coefficient (Wildman–Crippen LogP) is 3.83. The van der Waals surface area contributed by atoms with Gasteiger partial charge in [0.2, 0.25) is 0 Å². The Labute approximate surface area is 122 Å². The Morgan fingerprint density at radius 1 is 1.10 bits per heavy atom. The molecule has 0 unspecified atom stereocenters. The highest BCUT2D eigenvalue weighted by Crippen LogP contribution is 2.12. The van der Waals surface area contributed by atoms with E-state index in [0.29, 0.717) is 0 Å². The van der Waals surface area contributed by atoms with E-state index in [0.717, 1.165) is 16.7 Å². The van der Waals surface area contributed by atoms with E-state index in [1.165, 1.54) is 10.8 Å². The van der Waals surface area contributed by atoms with E-state index in [2.05, 4.69) is 32.7 Å². The highest BCUT2D eigenvalue weighted by molar-refractivity contribution is 6.72. The van der Waals surface area contributed by atoms with Gasteiger partial charge >= 0.3 is 0 Å². The van der Waals surface area contributed by atoms with Gasteiger partial charge in [0.25, 0.3) is 0 Å². The van der Waals surface area contributed by atoms with E-state index in [1.807, 2.05) is 36.4 Å². The minimum absolute atomic E-state index is 0.113. The molecule has 0 N–H and O–H groups in total. The molecule has 0 amide bonds. The summed E-state index contributed by atoms with van der Waals surface area (Å²) in [5.41, 5.74) is 3.83. The molecule has 0 aliphatic heterocycles. The molecule has 0 saturated carbocycles. The van der Waals surface area contributed by atoms with Crippen LogP contribution in [0.5, 0.6) is 0 Å². The van der Waals surface area contributed by atoms with Crippen LogP contribution in [0, 0.1) is 6.92 Å². The average Bonchev–Trinajstić information content (AvgIpc) is 2.46.